The van der Waals surface area contributed by atoms with E-state index in [1.165, 1.54) is 0 Å². The minimum absolute atomic E-state index is 0.321. The average molecular weight is 239 g/mol. The molecule has 0 spiro atoms. The van der Waals surface area contributed by atoms with Gasteiger partial charge in [-0.15, -0.1) is 0 Å². The molecule has 1 aliphatic rings. The summed E-state index contributed by atoms with van der Waals surface area (Å²) in [4.78, 5) is 4.23. The maximum Gasteiger partial charge on any atom is 0.138 e. The van der Waals surface area contributed by atoms with E-state index in [1.807, 2.05) is 4.68 Å². The van der Waals surface area contributed by atoms with Crippen LogP contribution in [0, 0.1) is 5.92 Å². The van der Waals surface area contributed by atoms with Crippen LogP contribution in [-0.2, 0) is 17.7 Å². The molecule has 0 amide bonds. The number of ether oxygens (including phenoxy) is 1. The number of aromatic nitrogens is 3. The summed E-state index contributed by atoms with van der Waals surface area (Å²) in [7, 11) is 0. The fourth-order valence-corrected chi connectivity index (χ4v) is 2.30. The van der Waals surface area contributed by atoms with Gasteiger partial charge >= 0.3 is 0 Å². The molecule has 1 atom stereocenters. The van der Waals surface area contributed by atoms with Gasteiger partial charge in [0, 0.05) is 26.2 Å². The molecule has 5 nitrogen and oxygen atoms in total. The van der Waals surface area contributed by atoms with Gasteiger partial charge < -0.3 is 9.84 Å². The summed E-state index contributed by atoms with van der Waals surface area (Å²) in [5.74, 6) is 1.24. The van der Waals surface area contributed by atoms with Crippen molar-refractivity contribution in [3.05, 3.63) is 12.2 Å². The second-order valence-electron chi connectivity index (χ2n) is 4.62. The molecule has 1 saturated heterocycles. The van der Waals surface area contributed by atoms with Crippen LogP contribution < -0.4 is 0 Å². The molecule has 1 aromatic rings. The van der Waals surface area contributed by atoms with Gasteiger partial charge in [0.1, 0.15) is 12.2 Å². The zero-order chi connectivity index (χ0) is 12.1. The van der Waals surface area contributed by atoms with Crippen molar-refractivity contribution in [2.45, 2.75) is 45.3 Å². The summed E-state index contributed by atoms with van der Waals surface area (Å²) in [6.07, 6.45) is 4.78. The second kappa shape index (κ2) is 6.12. The van der Waals surface area contributed by atoms with Crippen molar-refractivity contribution in [3.63, 3.8) is 0 Å². The average Bonchev–Trinajstić information content (AvgIpc) is 2.78. The van der Waals surface area contributed by atoms with E-state index in [4.69, 9.17) is 4.74 Å². The van der Waals surface area contributed by atoms with E-state index in [2.05, 4.69) is 17.0 Å². The number of hydrogen-bond donors (Lipinski definition) is 1. The molecule has 0 radical (unpaired) electrons. The van der Waals surface area contributed by atoms with E-state index in [1.54, 1.807) is 6.33 Å². The van der Waals surface area contributed by atoms with E-state index >= 15 is 0 Å². The van der Waals surface area contributed by atoms with Gasteiger partial charge in [0.25, 0.3) is 0 Å². The monoisotopic (exact) mass is 239 g/mol. The zero-order valence-electron chi connectivity index (χ0n) is 10.4. The smallest absolute Gasteiger partial charge is 0.138 e. The summed E-state index contributed by atoms with van der Waals surface area (Å²) in [6.45, 7) is 4.52. The number of nitrogens with zero attached hydrogens (tertiary/aromatic N) is 3. The fourth-order valence-electron chi connectivity index (χ4n) is 2.30. The number of aryl methyl sites for hydroxylation is 1. The Bertz CT molecular complexity index is 334. The van der Waals surface area contributed by atoms with Crippen LogP contribution in [0.5, 0.6) is 0 Å². The Balaban J connectivity index is 1.92. The zero-order valence-corrected chi connectivity index (χ0v) is 10.4. The molecule has 2 rings (SSSR count). The van der Waals surface area contributed by atoms with Crippen LogP contribution in [-0.4, -0.2) is 39.2 Å². The predicted molar refractivity (Wildman–Crippen MR) is 63.6 cm³/mol. The summed E-state index contributed by atoms with van der Waals surface area (Å²) in [5.41, 5.74) is 0. The van der Waals surface area contributed by atoms with Crippen LogP contribution in [0.25, 0.3) is 0 Å². The fraction of sp³-hybridized carbons (Fsp3) is 0.833. The number of aliphatic hydroxyl groups is 1. The molecule has 2 heterocycles. The van der Waals surface area contributed by atoms with Crippen LogP contribution in [0.15, 0.2) is 6.33 Å². The predicted octanol–water partition coefficient (Wildman–Crippen LogP) is 1.02. The van der Waals surface area contributed by atoms with Crippen molar-refractivity contribution in [1.82, 2.24) is 14.8 Å². The Morgan fingerprint density at radius 3 is 3.00 bits per heavy atom. The summed E-state index contributed by atoms with van der Waals surface area (Å²) < 4.78 is 7.19. The molecule has 0 aliphatic carbocycles. The van der Waals surface area contributed by atoms with E-state index in [9.17, 15) is 5.11 Å². The summed E-state index contributed by atoms with van der Waals surface area (Å²) in [5, 5.41) is 14.4. The van der Waals surface area contributed by atoms with Crippen molar-refractivity contribution in [2.24, 2.45) is 5.92 Å². The Morgan fingerprint density at radius 1 is 1.53 bits per heavy atom. The van der Waals surface area contributed by atoms with Crippen LogP contribution in [0.1, 0.15) is 32.0 Å². The van der Waals surface area contributed by atoms with Crippen LogP contribution in [0.3, 0.4) is 0 Å². The third-order valence-electron chi connectivity index (χ3n) is 3.33. The van der Waals surface area contributed by atoms with E-state index in [-0.39, 0.29) is 6.10 Å². The highest BCUT2D eigenvalue weighted by molar-refractivity contribution is 4.89. The van der Waals surface area contributed by atoms with E-state index in [0.717, 1.165) is 44.8 Å². The van der Waals surface area contributed by atoms with Crippen molar-refractivity contribution in [1.29, 1.82) is 0 Å². The first kappa shape index (κ1) is 12.5. The van der Waals surface area contributed by atoms with Crippen LogP contribution >= 0.6 is 0 Å². The van der Waals surface area contributed by atoms with Crippen molar-refractivity contribution in [3.8, 4) is 0 Å². The highest BCUT2D eigenvalue weighted by Gasteiger charge is 2.23. The topological polar surface area (TPSA) is 60.2 Å². The molecular weight excluding hydrogens is 218 g/mol. The first-order valence-electron chi connectivity index (χ1n) is 6.43. The summed E-state index contributed by atoms with van der Waals surface area (Å²) in [6, 6.07) is 0. The Labute approximate surface area is 102 Å². The lowest BCUT2D eigenvalue weighted by Gasteiger charge is -2.26. The highest BCUT2D eigenvalue weighted by atomic mass is 16.5. The van der Waals surface area contributed by atoms with Crippen molar-refractivity contribution < 1.29 is 9.84 Å². The first-order chi connectivity index (χ1) is 8.31. The van der Waals surface area contributed by atoms with Gasteiger partial charge in [-0.05, 0) is 25.2 Å². The maximum absolute atomic E-state index is 10.2. The van der Waals surface area contributed by atoms with E-state index < -0.39 is 0 Å². The van der Waals surface area contributed by atoms with Gasteiger partial charge in [0.05, 0.1) is 6.10 Å². The molecule has 0 aromatic carbocycles. The van der Waals surface area contributed by atoms with Gasteiger partial charge in [-0.3, -0.25) is 4.68 Å². The number of rotatable bonds is 5. The minimum Gasteiger partial charge on any atom is -0.392 e. The molecule has 1 unspecified atom stereocenters. The molecule has 1 N–H and O–H groups in total. The van der Waals surface area contributed by atoms with Gasteiger partial charge in [0.15, 0.2) is 0 Å². The molecule has 0 saturated carbocycles. The number of aliphatic hydroxyl groups excluding tert-OH is 1. The molecule has 96 valence electrons. The lowest BCUT2D eigenvalue weighted by atomic mass is 9.92. The molecule has 17 heavy (non-hydrogen) atoms. The van der Waals surface area contributed by atoms with Crippen molar-refractivity contribution >= 4 is 0 Å². The Morgan fingerprint density at radius 2 is 2.29 bits per heavy atom. The lowest BCUT2D eigenvalue weighted by Crippen LogP contribution is -2.30. The normalized spacial score (nSPS) is 19.4. The van der Waals surface area contributed by atoms with Gasteiger partial charge in [-0.2, -0.15) is 5.10 Å². The molecule has 5 heteroatoms. The Kier molecular flexibility index (Phi) is 4.50. The van der Waals surface area contributed by atoms with Gasteiger partial charge in [-0.1, -0.05) is 6.92 Å². The summed E-state index contributed by atoms with van der Waals surface area (Å²) >= 11 is 0. The molecule has 0 bridgehead atoms. The van der Waals surface area contributed by atoms with Gasteiger partial charge in [-0.25, -0.2) is 4.98 Å². The maximum atomic E-state index is 10.2. The molecular formula is C12H21N3O2. The van der Waals surface area contributed by atoms with Gasteiger partial charge in [0.2, 0.25) is 0 Å². The quantitative estimate of drug-likeness (QED) is 0.833. The third kappa shape index (κ3) is 3.26. The SMILES string of the molecule is CCCn1ncnc1CC(O)C1CCOCC1. The Hall–Kier alpha value is -0.940. The standard InChI is InChI=1S/C12H21N3O2/c1-2-5-15-12(13-9-14-15)8-11(16)10-3-6-17-7-4-10/h9-11,16H,2-8H2,1H3. The van der Waals surface area contributed by atoms with E-state index in [0.29, 0.717) is 12.3 Å². The van der Waals surface area contributed by atoms with Crippen LogP contribution in [0.4, 0.5) is 0 Å². The molecule has 1 aliphatic heterocycles. The molecule has 1 aromatic heterocycles. The second-order valence-corrected chi connectivity index (χ2v) is 4.62. The third-order valence-corrected chi connectivity index (χ3v) is 3.33. The highest BCUT2D eigenvalue weighted by Crippen LogP contribution is 2.20. The van der Waals surface area contributed by atoms with Crippen molar-refractivity contribution in [2.75, 3.05) is 13.2 Å². The van der Waals surface area contributed by atoms with Crippen LogP contribution in [0.2, 0.25) is 0 Å². The minimum atomic E-state index is -0.321. The number of hydrogen-bond acceptors (Lipinski definition) is 4. The largest absolute Gasteiger partial charge is 0.392 e. The molecule has 1 fully saturated rings. The first-order valence-corrected chi connectivity index (χ1v) is 6.43. The lowest BCUT2D eigenvalue weighted by molar-refractivity contribution is 0.00732.